The fourth-order valence-electron chi connectivity index (χ4n) is 2.06. The summed E-state index contributed by atoms with van der Waals surface area (Å²) in [5.41, 5.74) is 4.22. The second kappa shape index (κ2) is 3.65. The number of rotatable bonds is 1. The first kappa shape index (κ1) is 9.79. The topological polar surface area (TPSA) is 41.6 Å². The maximum absolute atomic E-state index is 4.66. The van der Waals surface area contributed by atoms with Crippen LogP contribution >= 0.6 is 11.3 Å². The van der Waals surface area contributed by atoms with Crippen molar-refractivity contribution in [3.05, 3.63) is 48.8 Å². The van der Waals surface area contributed by atoms with Gasteiger partial charge in [0.05, 0.1) is 27.6 Å². The molecule has 2 heterocycles. The summed E-state index contributed by atoms with van der Waals surface area (Å²) in [6, 6.07) is 14.4. The number of nitrogens with one attached hydrogen (secondary N) is 1. The summed E-state index contributed by atoms with van der Waals surface area (Å²) in [6.07, 6.45) is 1.72. The van der Waals surface area contributed by atoms with Gasteiger partial charge in [0.2, 0.25) is 0 Å². The highest BCUT2D eigenvalue weighted by Gasteiger charge is 2.06. The van der Waals surface area contributed by atoms with Crippen molar-refractivity contribution in [1.82, 2.24) is 15.0 Å². The number of imidazole rings is 1. The summed E-state index contributed by atoms with van der Waals surface area (Å²) < 4.78 is 1.22. The van der Waals surface area contributed by atoms with Crippen molar-refractivity contribution in [3.63, 3.8) is 0 Å². The van der Waals surface area contributed by atoms with Crippen LogP contribution in [0.5, 0.6) is 0 Å². The summed E-state index contributed by atoms with van der Waals surface area (Å²) in [4.78, 5) is 12.0. The predicted molar refractivity (Wildman–Crippen MR) is 74.7 cm³/mol. The molecule has 2 aromatic carbocycles. The van der Waals surface area contributed by atoms with Crippen LogP contribution in [0.1, 0.15) is 0 Å². The first-order valence-corrected chi connectivity index (χ1v) is 6.51. The first-order valence-electron chi connectivity index (χ1n) is 5.69. The van der Waals surface area contributed by atoms with Crippen LogP contribution in [-0.4, -0.2) is 15.0 Å². The number of aromatic amines is 1. The second-order valence-electron chi connectivity index (χ2n) is 4.12. The summed E-state index contributed by atoms with van der Waals surface area (Å²) in [7, 11) is 0. The number of H-pyrrole nitrogens is 1. The molecule has 2 aromatic heterocycles. The van der Waals surface area contributed by atoms with Gasteiger partial charge in [-0.3, -0.25) is 0 Å². The Balaban J connectivity index is 1.94. The van der Waals surface area contributed by atoms with E-state index in [0.29, 0.717) is 0 Å². The van der Waals surface area contributed by atoms with E-state index in [0.717, 1.165) is 27.1 Å². The van der Waals surface area contributed by atoms with Gasteiger partial charge in [0, 0.05) is 5.56 Å². The Bertz CT molecular complexity index is 811. The number of thiazole rings is 1. The van der Waals surface area contributed by atoms with E-state index in [1.165, 1.54) is 4.70 Å². The molecule has 0 spiro atoms. The molecule has 0 radical (unpaired) electrons. The molecule has 1 N–H and O–H groups in total. The number of nitrogens with zero attached hydrogens (tertiary/aromatic N) is 2. The van der Waals surface area contributed by atoms with Crippen molar-refractivity contribution in [2.45, 2.75) is 0 Å². The lowest BCUT2D eigenvalue weighted by Crippen LogP contribution is -1.76. The maximum atomic E-state index is 4.66. The van der Waals surface area contributed by atoms with E-state index in [9.17, 15) is 0 Å². The summed E-state index contributed by atoms with van der Waals surface area (Å²) in [5.74, 6) is 0. The maximum Gasteiger partial charge on any atom is 0.124 e. The molecule has 86 valence electrons. The summed E-state index contributed by atoms with van der Waals surface area (Å²) in [5, 5.41) is 1.05. The number of benzene rings is 2. The molecule has 0 saturated carbocycles. The summed E-state index contributed by atoms with van der Waals surface area (Å²) in [6.45, 7) is 0. The molecule has 0 aliphatic heterocycles. The molecule has 4 heteroatoms. The van der Waals surface area contributed by atoms with Crippen molar-refractivity contribution in [1.29, 1.82) is 0 Å². The highest BCUT2D eigenvalue weighted by Crippen LogP contribution is 2.30. The monoisotopic (exact) mass is 251 g/mol. The highest BCUT2D eigenvalue weighted by atomic mass is 32.1. The molecular formula is C14H9N3S. The minimum Gasteiger partial charge on any atom is -0.345 e. The van der Waals surface area contributed by atoms with Gasteiger partial charge >= 0.3 is 0 Å². The third-order valence-corrected chi connectivity index (χ3v) is 4.05. The average Bonchev–Trinajstić information content (AvgIpc) is 3.04. The number of hydrogen-bond donors (Lipinski definition) is 1. The van der Waals surface area contributed by atoms with E-state index in [2.05, 4.69) is 33.2 Å². The Labute approximate surface area is 107 Å². The van der Waals surface area contributed by atoms with Crippen LogP contribution in [0.15, 0.2) is 48.8 Å². The van der Waals surface area contributed by atoms with Gasteiger partial charge in [-0.25, -0.2) is 9.97 Å². The van der Waals surface area contributed by atoms with E-state index < -0.39 is 0 Å². The largest absolute Gasteiger partial charge is 0.345 e. The molecule has 0 saturated heterocycles. The summed E-state index contributed by atoms with van der Waals surface area (Å²) >= 11 is 1.72. The predicted octanol–water partition coefficient (Wildman–Crippen LogP) is 3.84. The van der Waals surface area contributed by atoms with Crippen LogP contribution < -0.4 is 0 Å². The fraction of sp³-hybridized carbons (Fsp3) is 0. The Hall–Kier alpha value is -2.20. The Kier molecular flexibility index (Phi) is 1.98. The van der Waals surface area contributed by atoms with E-state index in [4.69, 9.17) is 0 Å². The highest BCUT2D eigenvalue weighted by molar-refractivity contribution is 7.21. The van der Waals surface area contributed by atoms with Crippen molar-refractivity contribution >= 4 is 32.6 Å². The Morgan fingerprint density at radius 3 is 2.89 bits per heavy atom. The number of fused-ring (bicyclic) bond motifs is 2. The zero-order valence-corrected chi connectivity index (χ0v) is 10.2. The zero-order chi connectivity index (χ0) is 11.9. The van der Waals surface area contributed by atoms with Crippen molar-refractivity contribution < 1.29 is 0 Å². The average molecular weight is 251 g/mol. The SMILES string of the molecule is c1ccc2sc(-c3ccc4nc[nH]c4c3)nc2c1. The number of aromatic nitrogens is 3. The molecular weight excluding hydrogens is 242 g/mol. The van der Waals surface area contributed by atoms with Crippen LogP contribution in [0.3, 0.4) is 0 Å². The van der Waals surface area contributed by atoms with Gasteiger partial charge in [0.25, 0.3) is 0 Å². The van der Waals surface area contributed by atoms with Gasteiger partial charge in [-0.15, -0.1) is 11.3 Å². The lowest BCUT2D eigenvalue weighted by molar-refractivity contribution is 1.34. The molecule has 0 aliphatic carbocycles. The van der Waals surface area contributed by atoms with Crippen molar-refractivity contribution in [3.8, 4) is 10.6 Å². The quantitative estimate of drug-likeness (QED) is 0.558. The van der Waals surface area contributed by atoms with Gasteiger partial charge in [0.15, 0.2) is 0 Å². The van der Waals surface area contributed by atoms with E-state index in [1.807, 2.05) is 24.3 Å². The van der Waals surface area contributed by atoms with Gasteiger partial charge in [-0.05, 0) is 30.3 Å². The van der Waals surface area contributed by atoms with Crippen LogP contribution in [0, 0.1) is 0 Å². The standard InChI is InChI=1S/C14H9N3S/c1-2-4-13-11(3-1)17-14(18-13)9-5-6-10-12(7-9)16-8-15-10/h1-8H,(H,15,16). The third-order valence-electron chi connectivity index (χ3n) is 2.96. The van der Waals surface area contributed by atoms with Gasteiger partial charge < -0.3 is 4.98 Å². The second-order valence-corrected chi connectivity index (χ2v) is 5.15. The van der Waals surface area contributed by atoms with Crippen LogP contribution in [0.25, 0.3) is 31.8 Å². The Morgan fingerprint density at radius 1 is 1.00 bits per heavy atom. The first-order chi connectivity index (χ1) is 8.90. The smallest absolute Gasteiger partial charge is 0.124 e. The van der Waals surface area contributed by atoms with E-state index >= 15 is 0 Å². The van der Waals surface area contributed by atoms with Gasteiger partial charge in [-0.1, -0.05) is 12.1 Å². The van der Waals surface area contributed by atoms with Crippen molar-refractivity contribution in [2.75, 3.05) is 0 Å². The minimum absolute atomic E-state index is 0.986. The van der Waals surface area contributed by atoms with Crippen LogP contribution in [0.4, 0.5) is 0 Å². The molecule has 0 bridgehead atoms. The molecule has 3 nitrogen and oxygen atoms in total. The molecule has 0 amide bonds. The van der Waals surface area contributed by atoms with Crippen LogP contribution in [0.2, 0.25) is 0 Å². The zero-order valence-electron chi connectivity index (χ0n) is 9.42. The third kappa shape index (κ3) is 1.43. The molecule has 0 fully saturated rings. The van der Waals surface area contributed by atoms with E-state index in [-0.39, 0.29) is 0 Å². The Morgan fingerprint density at radius 2 is 1.94 bits per heavy atom. The lowest BCUT2D eigenvalue weighted by atomic mass is 10.2. The molecule has 4 aromatic rings. The lowest BCUT2D eigenvalue weighted by Gasteiger charge is -1.95. The fourth-order valence-corrected chi connectivity index (χ4v) is 3.03. The molecule has 0 atom stereocenters. The van der Waals surface area contributed by atoms with Crippen LogP contribution in [-0.2, 0) is 0 Å². The van der Waals surface area contributed by atoms with E-state index in [1.54, 1.807) is 17.7 Å². The number of hydrogen-bond acceptors (Lipinski definition) is 3. The molecule has 4 rings (SSSR count). The number of para-hydroxylation sites is 1. The molecule has 0 unspecified atom stereocenters. The molecule has 0 aliphatic rings. The minimum atomic E-state index is 0.986. The van der Waals surface area contributed by atoms with Gasteiger partial charge in [-0.2, -0.15) is 0 Å². The normalized spacial score (nSPS) is 11.3. The molecule has 18 heavy (non-hydrogen) atoms. The van der Waals surface area contributed by atoms with Crippen molar-refractivity contribution in [2.24, 2.45) is 0 Å². The van der Waals surface area contributed by atoms with Gasteiger partial charge in [0.1, 0.15) is 5.01 Å².